The quantitative estimate of drug-likeness (QED) is 0.796. The van der Waals surface area contributed by atoms with E-state index < -0.39 is 0 Å². The predicted molar refractivity (Wildman–Crippen MR) is 91.3 cm³/mol. The van der Waals surface area contributed by atoms with Gasteiger partial charge in [-0.3, -0.25) is 9.48 Å². The Kier molecular flexibility index (Phi) is 3.99. The van der Waals surface area contributed by atoms with Gasteiger partial charge in [0.2, 0.25) is 5.91 Å². The van der Waals surface area contributed by atoms with Crippen LogP contribution < -0.4 is 0 Å². The van der Waals surface area contributed by atoms with E-state index in [-0.39, 0.29) is 24.3 Å². The number of carbonyl (C=O) groups excluding carboxylic acids is 1. The number of imidazole rings is 1. The zero-order valence-corrected chi connectivity index (χ0v) is 14.1. The SMILES string of the molecule is Cc1cnn(CC(=O)N2CCCC[C@@H]2c2nc3ccc(F)cc3[nH]2)c1. The Labute approximate surface area is 144 Å². The van der Waals surface area contributed by atoms with Crippen LogP contribution >= 0.6 is 0 Å². The highest BCUT2D eigenvalue weighted by Gasteiger charge is 2.30. The molecule has 0 bridgehead atoms. The Morgan fingerprint density at radius 2 is 2.28 bits per heavy atom. The average Bonchev–Trinajstić information content (AvgIpc) is 3.20. The average molecular weight is 341 g/mol. The number of hydrogen-bond donors (Lipinski definition) is 1. The Hall–Kier alpha value is -2.70. The fourth-order valence-corrected chi connectivity index (χ4v) is 3.46. The molecule has 1 aromatic carbocycles. The van der Waals surface area contributed by atoms with Crippen molar-refractivity contribution in [1.29, 1.82) is 0 Å². The van der Waals surface area contributed by atoms with Crippen molar-refractivity contribution in [3.05, 3.63) is 47.8 Å². The summed E-state index contributed by atoms with van der Waals surface area (Å²) in [7, 11) is 0. The van der Waals surface area contributed by atoms with Gasteiger partial charge in [0.05, 0.1) is 23.3 Å². The second kappa shape index (κ2) is 6.31. The molecule has 1 atom stereocenters. The van der Waals surface area contributed by atoms with Gasteiger partial charge < -0.3 is 9.88 Å². The largest absolute Gasteiger partial charge is 0.340 e. The number of H-pyrrole nitrogens is 1. The molecule has 3 heterocycles. The zero-order valence-electron chi connectivity index (χ0n) is 14.1. The first-order chi connectivity index (χ1) is 12.1. The number of benzene rings is 1. The lowest BCUT2D eigenvalue weighted by molar-refractivity contribution is -0.136. The minimum atomic E-state index is -0.298. The third kappa shape index (κ3) is 3.14. The first kappa shape index (κ1) is 15.8. The van der Waals surface area contributed by atoms with Crippen LogP contribution in [-0.4, -0.2) is 37.1 Å². The lowest BCUT2D eigenvalue weighted by Crippen LogP contribution is -2.40. The van der Waals surface area contributed by atoms with Crippen LogP contribution in [-0.2, 0) is 11.3 Å². The van der Waals surface area contributed by atoms with Crippen molar-refractivity contribution in [3.63, 3.8) is 0 Å². The van der Waals surface area contributed by atoms with E-state index in [9.17, 15) is 9.18 Å². The van der Waals surface area contributed by atoms with Gasteiger partial charge in [0.25, 0.3) is 0 Å². The molecule has 0 spiro atoms. The number of aryl methyl sites for hydroxylation is 1. The summed E-state index contributed by atoms with van der Waals surface area (Å²) in [5.74, 6) is 0.457. The van der Waals surface area contributed by atoms with Gasteiger partial charge in [0.1, 0.15) is 18.2 Å². The first-order valence-corrected chi connectivity index (χ1v) is 8.54. The zero-order chi connectivity index (χ0) is 17.4. The molecule has 1 aliphatic heterocycles. The van der Waals surface area contributed by atoms with Gasteiger partial charge in [-0.25, -0.2) is 9.37 Å². The standard InChI is InChI=1S/C18H20FN5O/c1-12-9-20-23(10-12)11-17(25)24-7-3-2-4-16(24)18-21-14-6-5-13(19)8-15(14)22-18/h5-6,8-10,16H,2-4,7,11H2,1H3,(H,21,22)/t16-/m1/s1. The summed E-state index contributed by atoms with van der Waals surface area (Å²) in [5, 5.41) is 4.20. The van der Waals surface area contributed by atoms with Crippen LogP contribution in [0.3, 0.4) is 0 Å². The number of hydrogen-bond acceptors (Lipinski definition) is 3. The molecule has 4 rings (SSSR count). The maximum Gasteiger partial charge on any atom is 0.244 e. The van der Waals surface area contributed by atoms with E-state index in [1.165, 1.54) is 12.1 Å². The molecule has 7 heteroatoms. The molecule has 1 fully saturated rings. The van der Waals surface area contributed by atoms with Crippen molar-refractivity contribution in [1.82, 2.24) is 24.6 Å². The molecule has 0 unspecified atom stereocenters. The molecule has 3 aromatic rings. The van der Waals surface area contributed by atoms with Crippen LogP contribution in [0.25, 0.3) is 11.0 Å². The van der Waals surface area contributed by atoms with Gasteiger partial charge in [-0.05, 0) is 49.9 Å². The van der Waals surface area contributed by atoms with E-state index in [4.69, 9.17) is 0 Å². The summed E-state index contributed by atoms with van der Waals surface area (Å²) in [6.45, 7) is 2.87. The van der Waals surface area contributed by atoms with Crippen LogP contribution in [0.4, 0.5) is 4.39 Å². The molecular weight excluding hydrogens is 321 g/mol. The van der Waals surface area contributed by atoms with Crippen molar-refractivity contribution in [3.8, 4) is 0 Å². The molecule has 0 aliphatic carbocycles. The fourth-order valence-electron chi connectivity index (χ4n) is 3.46. The smallest absolute Gasteiger partial charge is 0.244 e. The Bertz CT molecular complexity index is 915. The van der Waals surface area contributed by atoms with Crippen molar-refractivity contribution in [2.24, 2.45) is 0 Å². The molecule has 1 saturated heterocycles. The maximum atomic E-state index is 13.4. The third-order valence-corrected chi connectivity index (χ3v) is 4.66. The Morgan fingerprint density at radius 3 is 3.08 bits per heavy atom. The van der Waals surface area contributed by atoms with E-state index in [0.717, 1.165) is 36.2 Å². The number of piperidine rings is 1. The van der Waals surface area contributed by atoms with Crippen molar-refractivity contribution < 1.29 is 9.18 Å². The predicted octanol–water partition coefficient (Wildman–Crippen LogP) is 2.96. The van der Waals surface area contributed by atoms with Gasteiger partial charge in [-0.15, -0.1) is 0 Å². The molecule has 25 heavy (non-hydrogen) atoms. The number of aromatic amines is 1. The minimum absolute atomic E-state index is 0.0273. The first-order valence-electron chi connectivity index (χ1n) is 8.54. The minimum Gasteiger partial charge on any atom is -0.340 e. The molecule has 1 amide bonds. The maximum absolute atomic E-state index is 13.4. The number of amides is 1. The number of nitrogens with zero attached hydrogens (tertiary/aromatic N) is 4. The van der Waals surface area contributed by atoms with Crippen LogP contribution in [0.2, 0.25) is 0 Å². The third-order valence-electron chi connectivity index (χ3n) is 4.66. The normalized spacial score (nSPS) is 18.0. The van der Waals surface area contributed by atoms with E-state index in [0.29, 0.717) is 12.1 Å². The van der Waals surface area contributed by atoms with E-state index in [1.54, 1.807) is 16.9 Å². The number of likely N-dealkylation sites (tertiary alicyclic amines) is 1. The highest BCUT2D eigenvalue weighted by Crippen LogP contribution is 2.30. The number of carbonyl (C=O) groups is 1. The fraction of sp³-hybridized carbons (Fsp3) is 0.389. The van der Waals surface area contributed by atoms with Gasteiger partial charge in [0.15, 0.2) is 0 Å². The number of aromatic nitrogens is 4. The monoisotopic (exact) mass is 341 g/mol. The van der Waals surface area contributed by atoms with Gasteiger partial charge in [-0.2, -0.15) is 5.10 Å². The van der Waals surface area contributed by atoms with Gasteiger partial charge >= 0.3 is 0 Å². The molecule has 1 aliphatic rings. The van der Waals surface area contributed by atoms with E-state index >= 15 is 0 Å². The summed E-state index contributed by atoms with van der Waals surface area (Å²) in [4.78, 5) is 22.4. The molecule has 0 saturated carbocycles. The molecule has 1 N–H and O–H groups in total. The summed E-state index contributed by atoms with van der Waals surface area (Å²) >= 11 is 0. The number of rotatable bonds is 3. The Balaban J connectivity index is 1.60. The Morgan fingerprint density at radius 1 is 1.40 bits per heavy atom. The molecule has 0 radical (unpaired) electrons. The van der Waals surface area contributed by atoms with Gasteiger partial charge in [0, 0.05) is 12.7 Å². The highest BCUT2D eigenvalue weighted by molar-refractivity contribution is 5.77. The number of fused-ring (bicyclic) bond motifs is 1. The lowest BCUT2D eigenvalue weighted by atomic mass is 10.0. The number of nitrogens with one attached hydrogen (secondary N) is 1. The molecule has 130 valence electrons. The topological polar surface area (TPSA) is 66.8 Å². The van der Waals surface area contributed by atoms with Crippen LogP contribution in [0, 0.1) is 12.7 Å². The second-order valence-corrected chi connectivity index (χ2v) is 6.60. The molecular formula is C18H20FN5O. The number of halogens is 1. The van der Waals surface area contributed by atoms with E-state index in [2.05, 4.69) is 15.1 Å². The van der Waals surface area contributed by atoms with E-state index in [1.807, 2.05) is 18.0 Å². The summed E-state index contributed by atoms with van der Waals surface area (Å²) in [6, 6.07) is 4.39. The van der Waals surface area contributed by atoms with Crippen molar-refractivity contribution >= 4 is 16.9 Å². The summed E-state index contributed by atoms with van der Waals surface area (Å²) in [6.07, 6.45) is 6.48. The lowest BCUT2D eigenvalue weighted by Gasteiger charge is -2.34. The summed E-state index contributed by atoms with van der Waals surface area (Å²) in [5.41, 5.74) is 2.41. The molecule has 6 nitrogen and oxygen atoms in total. The van der Waals surface area contributed by atoms with Crippen molar-refractivity contribution in [2.45, 2.75) is 38.8 Å². The highest BCUT2D eigenvalue weighted by atomic mass is 19.1. The van der Waals surface area contributed by atoms with Crippen LogP contribution in [0.1, 0.15) is 36.7 Å². The van der Waals surface area contributed by atoms with Crippen LogP contribution in [0.15, 0.2) is 30.6 Å². The molecule has 2 aromatic heterocycles. The van der Waals surface area contributed by atoms with Gasteiger partial charge in [-0.1, -0.05) is 0 Å². The van der Waals surface area contributed by atoms with Crippen molar-refractivity contribution in [2.75, 3.05) is 6.54 Å². The van der Waals surface area contributed by atoms with Crippen LogP contribution in [0.5, 0.6) is 0 Å². The summed E-state index contributed by atoms with van der Waals surface area (Å²) < 4.78 is 15.1. The second-order valence-electron chi connectivity index (χ2n) is 6.60.